The molecule has 0 aliphatic carbocycles. The van der Waals surface area contributed by atoms with E-state index in [0.29, 0.717) is 18.9 Å². The second-order valence-electron chi connectivity index (χ2n) is 7.39. The van der Waals surface area contributed by atoms with Gasteiger partial charge in [0.2, 0.25) is 5.89 Å². The van der Waals surface area contributed by atoms with E-state index in [-0.39, 0.29) is 29.8 Å². The van der Waals surface area contributed by atoms with Crippen molar-refractivity contribution in [2.75, 3.05) is 39.3 Å². The van der Waals surface area contributed by atoms with E-state index in [4.69, 9.17) is 13.9 Å². The Kier molecular flexibility index (Phi) is 9.03. The molecule has 0 atom stereocenters. The molecule has 1 aliphatic heterocycles. The maximum Gasteiger partial charge on any atom is 0.226 e. The van der Waals surface area contributed by atoms with Crippen molar-refractivity contribution in [1.29, 1.82) is 0 Å². The summed E-state index contributed by atoms with van der Waals surface area (Å²) in [6, 6.07) is 8.03. The van der Waals surface area contributed by atoms with E-state index in [2.05, 4.69) is 32.2 Å². The van der Waals surface area contributed by atoms with Gasteiger partial charge < -0.3 is 19.2 Å². The van der Waals surface area contributed by atoms with Crippen LogP contribution in [-0.2, 0) is 13.0 Å². The summed E-state index contributed by atoms with van der Waals surface area (Å²) in [5.41, 5.74) is 2.55. The van der Waals surface area contributed by atoms with E-state index in [1.54, 1.807) is 24.7 Å². The summed E-state index contributed by atoms with van der Waals surface area (Å²) in [5.74, 6) is 1.14. The number of aliphatic imine (C=N–C) groups is 1. The lowest BCUT2D eigenvalue weighted by Crippen LogP contribution is -2.52. The summed E-state index contributed by atoms with van der Waals surface area (Å²) in [6.07, 6.45) is 3.93. The SMILES string of the molecule is CCNC(=NCCc1coc(-c2ccc(F)cc2)n1)N1CCN(Cc2ccon2)CC1.I. The Labute approximate surface area is 203 Å². The van der Waals surface area contributed by atoms with E-state index in [1.165, 1.54) is 12.1 Å². The second kappa shape index (κ2) is 12.0. The average molecular weight is 554 g/mol. The maximum atomic E-state index is 13.1. The molecule has 1 aromatic carbocycles. The molecule has 0 bridgehead atoms. The third-order valence-corrected chi connectivity index (χ3v) is 5.16. The van der Waals surface area contributed by atoms with Gasteiger partial charge >= 0.3 is 0 Å². The summed E-state index contributed by atoms with van der Waals surface area (Å²) in [7, 11) is 0. The molecule has 1 N–H and O–H groups in total. The highest BCUT2D eigenvalue weighted by Crippen LogP contribution is 2.19. The first kappa shape index (κ1) is 24.2. The monoisotopic (exact) mass is 554 g/mol. The molecule has 32 heavy (non-hydrogen) atoms. The van der Waals surface area contributed by atoms with Gasteiger partial charge in [-0.15, -0.1) is 24.0 Å². The van der Waals surface area contributed by atoms with Crippen LogP contribution in [0.1, 0.15) is 18.3 Å². The van der Waals surface area contributed by atoms with Crippen LogP contribution in [0.5, 0.6) is 0 Å². The number of nitrogens with one attached hydrogen (secondary N) is 1. The Morgan fingerprint density at radius 2 is 1.91 bits per heavy atom. The van der Waals surface area contributed by atoms with E-state index in [0.717, 1.165) is 62.2 Å². The summed E-state index contributed by atoms with van der Waals surface area (Å²) in [4.78, 5) is 13.9. The lowest BCUT2D eigenvalue weighted by atomic mass is 10.2. The first-order chi connectivity index (χ1) is 15.2. The number of oxazole rings is 1. The molecular formula is C22H28FIN6O2. The lowest BCUT2D eigenvalue weighted by molar-refractivity contribution is 0.169. The molecule has 0 unspecified atom stereocenters. The molecule has 8 nitrogen and oxygen atoms in total. The third-order valence-electron chi connectivity index (χ3n) is 5.16. The molecule has 10 heteroatoms. The number of piperazine rings is 1. The summed E-state index contributed by atoms with van der Waals surface area (Å²) in [5, 5.41) is 7.38. The number of benzene rings is 1. The number of hydrogen-bond acceptors (Lipinski definition) is 6. The summed E-state index contributed by atoms with van der Waals surface area (Å²) >= 11 is 0. The first-order valence-electron chi connectivity index (χ1n) is 10.6. The van der Waals surface area contributed by atoms with Gasteiger partial charge in [-0.3, -0.25) is 9.89 Å². The van der Waals surface area contributed by atoms with Crippen molar-refractivity contribution >= 4 is 29.9 Å². The van der Waals surface area contributed by atoms with Crippen molar-refractivity contribution < 1.29 is 13.3 Å². The minimum Gasteiger partial charge on any atom is -0.444 e. The van der Waals surface area contributed by atoms with E-state index < -0.39 is 0 Å². The largest absolute Gasteiger partial charge is 0.444 e. The lowest BCUT2D eigenvalue weighted by Gasteiger charge is -2.36. The van der Waals surface area contributed by atoms with Gasteiger partial charge in [0.1, 0.15) is 18.3 Å². The fourth-order valence-electron chi connectivity index (χ4n) is 3.52. The molecular weight excluding hydrogens is 526 g/mol. The second-order valence-corrected chi connectivity index (χ2v) is 7.39. The molecule has 3 aromatic rings. The zero-order valence-electron chi connectivity index (χ0n) is 18.0. The Hall–Kier alpha value is -2.47. The molecule has 1 fully saturated rings. The van der Waals surface area contributed by atoms with Crippen LogP contribution in [0.2, 0.25) is 0 Å². The first-order valence-corrected chi connectivity index (χ1v) is 10.6. The number of guanidine groups is 1. The number of halogens is 2. The molecule has 3 heterocycles. The number of rotatable bonds is 7. The van der Waals surface area contributed by atoms with E-state index in [1.807, 2.05) is 6.07 Å². The highest BCUT2D eigenvalue weighted by molar-refractivity contribution is 14.0. The van der Waals surface area contributed by atoms with Crippen molar-refractivity contribution in [1.82, 2.24) is 25.3 Å². The van der Waals surface area contributed by atoms with Crippen molar-refractivity contribution in [3.8, 4) is 11.5 Å². The summed E-state index contributed by atoms with van der Waals surface area (Å²) in [6.45, 7) is 8.00. The number of hydrogen-bond donors (Lipinski definition) is 1. The predicted molar refractivity (Wildman–Crippen MR) is 130 cm³/mol. The summed E-state index contributed by atoms with van der Waals surface area (Å²) < 4.78 is 23.5. The zero-order valence-corrected chi connectivity index (χ0v) is 20.4. The van der Waals surface area contributed by atoms with Crippen molar-refractivity contribution in [3.05, 3.63) is 60.1 Å². The molecule has 0 spiro atoms. The van der Waals surface area contributed by atoms with E-state index in [9.17, 15) is 4.39 Å². The Bertz CT molecular complexity index is 969. The van der Waals surface area contributed by atoms with Crippen LogP contribution in [0.15, 0.2) is 56.8 Å². The average Bonchev–Trinajstić information content (AvgIpc) is 3.47. The zero-order chi connectivity index (χ0) is 21.5. The van der Waals surface area contributed by atoms with Crippen LogP contribution in [-0.4, -0.2) is 65.2 Å². The minimum absolute atomic E-state index is 0. The van der Waals surface area contributed by atoms with Crippen LogP contribution in [0.25, 0.3) is 11.5 Å². The van der Waals surface area contributed by atoms with Crippen molar-refractivity contribution in [2.45, 2.75) is 19.9 Å². The number of nitrogens with zero attached hydrogens (tertiary/aromatic N) is 5. The van der Waals surface area contributed by atoms with Crippen LogP contribution < -0.4 is 5.32 Å². The van der Waals surface area contributed by atoms with Gasteiger partial charge in [-0.05, 0) is 31.2 Å². The van der Waals surface area contributed by atoms with Gasteiger partial charge in [0, 0.05) is 63.9 Å². The molecule has 1 aliphatic rings. The molecule has 0 amide bonds. The Balaban J connectivity index is 0.00000289. The van der Waals surface area contributed by atoms with Crippen molar-refractivity contribution in [2.24, 2.45) is 4.99 Å². The maximum absolute atomic E-state index is 13.1. The third kappa shape index (κ3) is 6.52. The van der Waals surface area contributed by atoms with Crippen LogP contribution >= 0.6 is 24.0 Å². The van der Waals surface area contributed by atoms with Gasteiger partial charge in [0.15, 0.2) is 5.96 Å². The van der Waals surface area contributed by atoms with Crippen LogP contribution in [0.3, 0.4) is 0 Å². The molecule has 1 saturated heterocycles. The quantitative estimate of drug-likeness (QED) is 0.272. The van der Waals surface area contributed by atoms with Gasteiger partial charge in [0.25, 0.3) is 0 Å². The smallest absolute Gasteiger partial charge is 0.226 e. The normalized spacial score (nSPS) is 14.9. The van der Waals surface area contributed by atoms with Crippen molar-refractivity contribution in [3.63, 3.8) is 0 Å². The topological polar surface area (TPSA) is 82.9 Å². The Morgan fingerprint density at radius 1 is 1.12 bits per heavy atom. The molecule has 2 aromatic heterocycles. The number of aromatic nitrogens is 2. The van der Waals surface area contributed by atoms with Gasteiger partial charge in [0.05, 0.1) is 11.4 Å². The standard InChI is InChI=1S/C22H27FN6O2.HI/c1-2-24-22(29-12-10-28(11-13-29)15-19-8-14-31-27-19)25-9-7-20-16-30-21(26-20)17-3-5-18(23)6-4-17;/h3-6,8,14,16H,2,7,9-13,15H2,1H3,(H,24,25);1H. The van der Waals surface area contributed by atoms with Gasteiger partial charge in [-0.25, -0.2) is 9.37 Å². The van der Waals surface area contributed by atoms with Crippen LogP contribution in [0.4, 0.5) is 4.39 Å². The molecule has 172 valence electrons. The minimum atomic E-state index is -0.278. The van der Waals surface area contributed by atoms with Crippen LogP contribution in [0, 0.1) is 5.82 Å². The van der Waals surface area contributed by atoms with Gasteiger partial charge in [-0.2, -0.15) is 0 Å². The molecule has 4 rings (SSSR count). The molecule has 0 saturated carbocycles. The van der Waals surface area contributed by atoms with Gasteiger partial charge in [-0.1, -0.05) is 5.16 Å². The Morgan fingerprint density at radius 3 is 2.59 bits per heavy atom. The molecule has 0 radical (unpaired) electrons. The highest BCUT2D eigenvalue weighted by atomic mass is 127. The highest BCUT2D eigenvalue weighted by Gasteiger charge is 2.20. The fraction of sp³-hybridized carbons (Fsp3) is 0.409. The van der Waals surface area contributed by atoms with E-state index >= 15 is 0 Å². The fourth-order valence-corrected chi connectivity index (χ4v) is 3.52. The predicted octanol–water partition coefficient (Wildman–Crippen LogP) is 3.41.